The van der Waals surface area contributed by atoms with Crippen molar-refractivity contribution in [1.29, 1.82) is 0 Å². The Hall–Kier alpha value is -1.73. The van der Waals surface area contributed by atoms with E-state index in [-0.39, 0.29) is 5.29 Å². The third-order valence-corrected chi connectivity index (χ3v) is 2.19. The van der Waals surface area contributed by atoms with Gasteiger partial charge < -0.3 is 9.30 Å². The maximum atomic E-state index is 5.87. The number of aromatic nitrogens is 1. The normalized spacial score (nSPS) is 10.7. The first-order valence-corrected chi connectivity index (χ1v) is 5.57. The van der Waals surface area contributed by atoms with Crippen LogP contribution in [0.5, 0.6) is 0 Å². The van der Waals surface area contributed by atoms with E-state index < -0.39 is 0 Å². The number of halogens is 1. The number of nitrogens with zero attached hydrogens (tertiary/aromatic N) is 3. The molecule has 0 aliphatic carbocycles. The minimum absolute atomic E-state index is 0.0933. The lowest BCUT2D eigenvalue weighted by atomic mass is 10.4. The molecular formula is C12H15ClN3O+. The van der Waals surface area contributed by atoms with Gasteiger partial charge in [-0.3, -0.25) is 0 Å². The summed E-state index contributed by atoms with van der Waals surface area (Å²) >= 11 is 5.87. The van der Waals surface area contributed by atoms with Gasteiger partial charge in [-0.2, -0.15) is 0 Å². The largest absolute Gasteiger partial charge is 0.501 e. The number of aryl methyl sites for hydroxylation is 2. The van der Waals surface area contributed by atoms with Crippen LogP contribution in [-0.2, 0) is 11.8 Å². The van der Waals surface area contributed by atoms with Crippen molar-refractivity contribution in [1.82, 2.24) is 4.57 Å². The third kappa shape index (κ3) is 3.97. The van der Waals surface area contributed by atoms with Crippen molar-refractivity contribution >= 4 is 22.7 Å². The second-order valence-electron chi connectivity index (χ2n) is 3.39. The molecule has 0 aromatic carbocycles. The molecule has 90 valence electrons. The van der Waals surface area contributed by atoms with Crippen LogP contribution in [0.1, 0.15) is 12.5 Å². The summed E-state index contributed by atoms with van der Waals surface area (Å²) in [5.41, 5.74) is 1.03. The predicted molar refractivity (Wildman–Crippen MR) is 71.1 cm³/mol. The van der Waals surface area contributed by atoms with Gasteiger partial charge in [-0.15, -0.1) is 4.85 Å². The van der Waals surface area contributed by atoms with Gasteiger partial charge in [0.1, 0.15) is 0 Å². The molecule has 0 saturated carbocycles. The van der Waals surface area contributed by atoms with E-state index in [1.54, 1.807) is 0 Å². The van der Waals surface area contributed by atoms with Crippen LogP contribution in [0.15, 0.2) is 29.6 Å². The molecule has 0 fully saturated rings. The Kier molecular flexibility index (Phi) is 4.80. The lowest BCUT2D eigenvalue weighted by Gasteiger charge is -1.92. The number of amidine groups is 1. The number of aliphatic imine (C=N–C) groups is 1. The molecule has 0 unspecified atom stereocenters. The first kappa shape index (κ1) is 13.3. The molecule has 1 rings (SSSR count). The summed E-state index contributed by atoms with van der Waals surface area (Å²) in [5.74, 6) is 1.10. The van der Waals surface area contributed by atoms with Crippen molar-refractivity contribution in [2.24, 2.45) is 12.0 Å². The van der Waals surface area contributed by atoms with Crippen molar-refractivity contribution in [3.05, 3.63) is 35.0 Å². The van der Waals surface area contributed by atoms with Crippen LogP contribution in [-0.4, -0.2) is 16.5 Å². The van der Waals surface area contributed by atoms with Crippen molar-refractivity contribution in [2.75, 3.05) is 6.61 Å². The highest BCUT2D eigenvalue weighted by atomic mass is 35.5. The fourth-order valence-corrected chi connectivity index (χ4v) is 1.36. The third-order valence-electron chi connectivity index (χ3n) is 2.02. The van der Waals surface area contributed by atoms with Gasteiger partial charge in [-0.25, -0.2) is 0 Å². The van der Waals surface area contributed by atoms with Gasteiger partial charge >= 0.3 is 5.29 Å². The Bertz CT molecular complexity index is 486. The molecule has 1 heterocycles. The lowest BCUT2D eigenvalue weighted by molar-refractivity contribution is 0.247. The minimum atomic E-state index is 0.0933. The zero-order valence-corrected chi connectivity index (χ0v) is 11.0. The van der Waals surface area contributed by atoms with E-state index in [1.165, 1.54) is 0 Å². The Morgan fingerprint density at radius 3 is 2.94 bits per heavy atom. The SMILES string of the molecule is C=C(C#[N+]C(Cl)=Nc1c(C)ccn1C)OCC. The maximum Gasteiger partial charge on any atom is 0.501 e. The molecule has 0 bridgehead atoms. The van der Waals surface area contributed by atoms with E-state index in [1.807, 2.05) is 37.7 Å². The van der Waals surface area contributed by atoms with Gasteiger partial charge in [-0.05, 0) is 26.5 Å². The Morgan fingerprint density at radius 2 is 2.41 bits per heavy atom. The molecule has 5 heteroatoms. The molecule has 1 aromatic rings. The maximum absolute atomic E-state index is 5.87. The van der Waals surface area contributed by atoms with Crippen molar-refractivity contribution in [2.45, 2.75) is 13.8 Å². The second-order valence-corrected chi connectivity index (χ2v) is 3.73. The monoisotopic (exact) mass is 252 g/mol. The average Bonchev–Trinajstić information content (AvgIpc) is 2.58. The summed E-state index contributed by atoms with van der Waals surface area (Å²) in [4.78, 5) is 8.00. The van der Waals surface area contributed by atoms with Crippen molar-refractivity contribution in [3.8, 4) is 6.07 Å². The Balaban J connectivity index is 2.84. The van der Waals surface area contributed by atoms with Gasteiger partial charge in [0.05, 0.1) is 6.61 Å². The molecule has 0 radical (unpaired) electrons. The van der Waals surface area contributed by atoms with E-state index >= 15 is 0 Å². The summed E-state index contributed by atoms with van der Waals surface area (Å²) < 4.78 is 6.92. The molecular weight excluding hydrogens is 238 g/mol. The molecule has 0 aliphatic heterocycles. The highest BCUT2D eigenvalue weighted by Crippen LogP contribution is 2.19. The molecule has 0 N–H and O–H groups in total. The smallest absolute Gasteiger partial charge is 0.483 e. The number of hydrogen-bond donors (Lipinski definition) is 0. The van der Waals surface area contributed by atoms with Crippen molar-refractivity contribution in [3.63, 3.8) is 0 Å². The zero-order valence-electron chi connectivity index (χ0n) is 10.2. The first-order chi connectivity index (χ1) is 8.04. The van der Waals surface area contributed by atoms with E-state index in [0.717, 1.165) is 11.4 Å². The topological polar surface area (TPSA) is 30.9 Å². The van der Waals surface area contributed by atoms with Crippen LogP contribution < -0.4 is 0 Å². The molecule has 1 aromatic heterocycles. The second kappa shape index (κ2) is 6.12. The van der Waals surface area contributed by atoms with Crippen LogP contribution in [0.4, 0.5) is 5.82 Å². The van der Waals surface area contributed by atoms with Gasteiger partial charge in [0.25, 0.3) is 5.82 Å². The van der Waals surface area contributed by atoms with Gasteiger partial charge in [0.15, 0.2) is 0 Å². The number of rotatable bonds is 3. The quantitative estimate of drug-likeness (QED) is 0.267. The van der Waals surface area contributed by atoms with Crippen LogP contribution in [0.2, 0.25) is 0 Å². The van der Waals surface area contributed by atoms with Gasteiger partial charge in [-0.1, -0.05) is 0 Å². The van der Waals surface area contributed by atoms with Gasteiger partial charge in [0.2, 0.25) is 11.8 Å². The van der Waals surface area contributed by atoms with Crippen LogP contribution in [0.3, 0.4) is 0 Å². The Labute approximate surface area is 106 Å². The fraction of sp³-hybridized carbons (Fsp3) is 0.333. The van der Waals surface area contributed by atoms with Crippen molar-refractivity contribution < 1.29 is 4.74 Å². The lowest BCUT2D eigenvalue weighted by Crippen LogP contribution is -1.87. The minimum Gasteiger partial charge on any atom is -0.483 e. The number of allylic oxidation sites excluding steroid dienone is 1. The first-order valence-electron chi connectivity index (χ1n) is 5.19. The molecule has 0 amide bonds. The van der Waals surface area contributed by atoms with Crippen LogP contribution in [0.25, 0.3) is 4.85 Å². The summed E-state index contributed by atoms with van der Waals surface area (Å²) in [6.45, 7) is 7.93. The molecule has 0 saturated heterocycles. The molecule has 4 nitrogen and oxygen atoms in total. The predicted octanol–water partition coefficient (Wildman–Crippen LogP) is 3.44. The van der Waals surface area contributed by atoms with E-state index in [0.29, 0.717) is 12.4 Å². The summed E-state index contributed by atoms with van der Waals surface area (Å²) in [6.07, 6.45) is 1.91. The molecule has 0 spiro atoms. The van der Waals surface area contributed by atoms with E-state index in [9.17, 15) is 0 Å². The molecule has 0 aliphatic rings. The zero-order chi connectivity index (χ0) is 12.8. The highest BCUT2D eigenvalue weighted by Gasteiger charge is 2.12. The van der Waals surface area contributed by atoms with Gasteiger partial charge in [0, 0.05) is 35.4 Å². The average molecular weight is 253 g/mol. The highest BCUT2D eigenvalue weighted by molar-refractivity contribution is 6.67. The molecule has 17 heavy (non-hydrogen) atoms. The van der Waals surface area contributed by atoms with E-state index in [4.69, 9.17) is 16.3 Å². The molecule has 0 atom stereocenters. The number of hydrogen-bond acceptors (Lipinski definition) is 2. The summed E-state index contributed by atoms with van der Waals surface area (Å²) in [5, 5.41) is 0.0933. The fourth-order valence-electron chi connectivity index (χ4n) is 1.24. The van der Waals surface area contributed by atoms with Crippen LogP contribution >= 0.6 is 11.6 Å². The summed E-state index contributed by atoms with van der Waals surface area (Å²) in [6, 6.07) is 4.52. The van der Waals surface area contributed by atoms with E-state index in [2.05, 4.69) is 22.5 Å². The summed E-state index contributed by atoms with van der Waals surface area (Å²) in [7, 11) is 1.89. The standard InChI is InChI=1S/C12H15ClN3O/c1-5-17-10(3)8-14-12(13)15-11-9(2)6-7-16(11)4/h6-7H,3,5H2,1-2,4H3/q+1. The van der Waals surface area contributed by atoms with Crippen LogP contribution in [0, 0.1) is 13.0 Å². The number of ether oxygens (including phenoxy) is 1. The Morgan fingerprint density at radius 1 is 1.71 bits per heavy atom.